The molecular weight excluding hydrogens is 532 g/mol. The number of likely N-dealkylation sites (N-methyl/N-ethyl adjacent to an activating group) is 1. The Kier molecular flexibility index (Phi) is 6.65. The highest BCUT2D eigenvalue weighted by Gasteiger charge is 2.24. The summed E-state index contributed by atoms with van der Waals surface area (Å²) < 4.78 is 5.92. The van der Waals surface area contributed by atoms with Crippen molar-refractivity contribution in [3.63, 3.8) is 0 Å². The van der Waals surface area contributed by atoms with Crippen molar-refractivity contribution in [2.24, 2.45) is 0 Å². The first-order chi connectivity index (χ1) is 20.0. The summed E-state index contributed by atoms with van der Waals surface area (Å²) in [5.74, 6) is 0.674. The molecule has 1 unspecified atom stereocenters. The number of piperazine rings is 1. The van der Waals surface area contributed by atoms with Gasteiger partial charge in [-0.05, 0) is 60.0 Å². The third-order valence-corrected chi connectivity index (χ3v) is 9.02. The SMILES string of the molecule is CN1CCN(C(=O)c2ccc(-c3ccc(C(=O)NC4CC(c5ccc6c(c5)[nH]c5ccccc56)=CS4)o3)cc2)CC1. The number of thioether (sulfide) groups is 1. The average Bonchev–Trinajstić information content (AvgIpc) is 3.76. The molecule has 1 atom stereocenters. The maximum absolute atomic E-state index is 13.0. The number of benzene rings is 3. The Hall–Kier alpha value is -4.27. The zero-order valence-electron chi connectivity index (χ0n) is 22.7. The lowest BCUT2D eigenvalue weighted by Gasteiger charge is -2.32. The summed E-state index contributed by atoms with van der Waals surface area (Å²) in [6.07, 6.45) is 0.735. The smallest absolute Gasteiger partial charge is 0.287 e. The number of aromatic nitrogens is 1. The van der Waals surface area contributed by atoms with E-state index >= 15 is 0 Å². The van der Waals surface area contributed by atoms with Gasteiger partial charge in [-0.25, -0.2) is 0 Å². The number of para-hydroxylation sites is 1. The monoisotopic (exact) mass is 562 g/mol. The van der Waals surface area contributed by atoms with Crippen LogP contribution in [0.2, 0.25) is 0 Å². The van der Waals surface area contributed by atoms with Crippen LogP contribution in [0.1, 0.15) is 32.9 Å². The highest BCUT2D eigenvalue weighted by atomic mass is 32.2. The molecule has 0 spiro atoms. The minimum Gasteiger partial charge on any atom is -0.451 e. The van der Waals surface area contributed by atoms with Crippen LogP contribution in [-0.4, -0.2) is 65.2 Å². The minimum absolute atomic E-state index is 0.0486. The molecule has 8 heteroatoms. The molecule has 0 saturated carbocycles. The van der Waals surface area contributed by atoms with Crippen molar-refractivity contribution in [2.45, 2.75) is 11.8 Å². The minimum atomic E-state index is -0.240. The fourth-order valence-corrected chi connectivity index (χ4v) is 6.60. The second-order valence-electron chi connectivity index (χ2n) is 10.7. The topological polar surface area (TPSA) is 81.6 Å². The first-order valence-corrected chi connectivity index (χ1v) is 14.8. The molecule has 3 aromatic carbocycles. The van der Waals surface area contributed by atoms with Gasteiger partial charge in [0.15, 0.2) is 5.76 Å². The van der Waals surface area contributed by atoms with Crippen molar-refractivity contribution < 1.29 is 14.0 Å². The van der Waals surface area contributed by atoms with Crippen molar-refractivity contribution in [1.82, 2.24) is 20.1 Å². The zero-order chi connectivity index (χ0) is 27.9. The molecule has 2 N–H and O–H groups in total. The highest BCUT2D eigenvalue weighted by Crippen LogP contribution is 2.37. The normalized spacial score (nSPS) is 17.7. The Morgan fingerprint density at radius 3 is 2.46 bits per heavy atom. The molecule has 1 fully saturated rings. The van der Waals surface area contributed by atoms with Gasteiger partial charge in [0.2, 0.25) is 0 Å². The van der Waals surface area contributed by atoms with Crippen molar-refractivity contribution in [3.8, 4) is 11.3 Å². The number of hydrogen-bond acceptors (Lipinski definition) is 5. The Balaban J connectivity index is 0.978. The zero-order valence-corrected chi connectivity index (χ0v) is 23.5. The third-order valence-electron chi connectivity index (χ3n) is 7.99. The third kappa shape index (κ3) is 5.05. The van der Waals surface area contributed by atoms with Crippen molar-refractivity contribution in [3.05, 3.63) is 101 Å². The van der Waals surface area contributed by atoms with Crippen LogP contribution in [0.15, 0.2) is 88.7 Å². The molecule has 5 aromatic rings. The highest BCUT2D eigenvalue weighted by molar-refractivity contribution is 8.03. The van der Waals surface area contributed by atoms with Crippen LogP contribution >= 0.6 is 11.8 Å². The number of nitrogens with one attached hydrogen (secondary N) is 2. The number of hydrogen-bond donors (Lipinski definition) is 2. The van der Waals surface area contributed by atoms with E-state index in [1.165, 1.54) is 16.3 Å². The number of carbonyl (C=O) groups is 2. The summed E-state index contributed by atoms with van der Waals surface area (Å²) in [4.78, 5) is 33.5. The maximum atomic E-state index is 13.0. The van der Waals surface area contributed by atoms with Gasteiger partial charge in [0, 0.05) is 65.5 Å². The summed E-state index contributed by atoms with van der Waals surface area (Å²) in [7, 11) is 2.07. The molecule has 2 aliphatic heterocycles. The first kappa shape index (κ1) is 25.7. The van der Waals surface area contributed by atoms with Crippen molar-refractivity contribution >= 4 is 51.0 Å². The molecule has 0 aliphatic carbocycles. The van der Waals surface area contributed by atoms with E-state index < -0.39 is 0 Å². The Morgan fingerprint density at radius 2 is 1.63 bits per heavy atom. The summed E-state index contributed by atoms with van der Waals surface area (Å²) in [5, 5.41) is 7.60. The Labute approximate surface area is 242 Å². The van der Waals surface area contributed by atoms with Crippen LogP contribution in [-0.2, 0) is 0 Å². The van der Waals surface area contributed by atoms with E-state index in [0.717, 1.165) is 54.8 Å². The van der Waals surface area contributed by atoms with E-state index in [4.69, 9.17) is 4.42 Å². The molecule has 2 aromatic heterocycles. The Bertz CT molecular complexity index is 1790. The van der Waals surface area contributed by atoms with E-state index in [9.17, 15) is 9.59 Å². The number of amides is 2. The van der Waals surface area contributed by atoms with Gasteiger partial charge in [0.05, 0.1) is 5.37 Å². The number of rotatable bonds is 5. The van der Waals surface area contributed by atoms with Gasteiger partial charge < -0.3 is 24.5 Å². The summed E-state index contributed by atoms with van der Waals surface area (Å²) in [6.45, 7) is 3.25. The molecule has 0 radical (unpaired) electrons. The van der Waals surface area contributed by atoms with Gasteiger partial charge >= 0.3 is 0 Å². The standard InChI is InChI=1S/C33H30N4O3S/c1-36-14-16-37(17-15-36)33(39)22-8-6-21(7-9-22)29-12-13-30(40-29)32(38)35-31-19-24(20-41-31)23-10-11-26-25-4-2-3-5-27(25)34-28(26)18-23/h2-13,18,20,31,34H,14-17,19H2,1H3,(H,35,38). The molecule has 1 saturated heterocycles. The molecule has 41 heavy (non-hydrogen) atoms. The van der Waals surface area contributed by atoms with Gasteiger partial charge in [-0.15, -0.1) is 11.8 Å². The summed E-state index contributed by atoms with van der Waals surface area (Å²) >= 11 is 1.61. The van der Waals surface area contributed by atoms with Crippen LogP contribution in [0.4, 0.5) is 0 Å². The van der Waals surface area contributed by atoms with Crippen LogP contribution in [0.5, 0.6) is 0 Å². The van der Waals surface area contributed by atoms with E-state index in [-0.39, 0.29) is 22.9 Å². The van der Waals surface area contributed by atoms with E-state index in [2.05, 4.69) is 64.1 Å². The number of carbonyl (C=O) groups excluding carboxylic acids is 2. The second kappa shape index (κ2) is 10.6. The fourth-order valence-electron chi connectivity index (χ4n) is 5.59. The molecule has 7 rings (SSSR count). The van der Waals surface area contributed by atoms with Gasteiger partial charge in [0.25, 0.3) is 11.8 Å². The lowest BCUT2D eigenvalue weighted by atomic mass is 10.0. The molecule has 206 valence electrons. The van der Waals surface area contributed by atoms with E-state index in [1.54, 1.807) is 23.9 Å². The average molecular weight is 563 g/mol. The lowest BCUT2D eigenvalue weighted by molar-refractivity contribution is 0.0664. The predicted octanol–water partition coefficient (Wildman–Crippen LogP) is 6.20. The van der Waals surface area contributed by atoms with E-state index in [0.29, 0.717) is 11.3 Å². The summed E-state index contributed by atoms with van der Waals surface area (Å²) in [6, 6.07) is 25.7. The number of aromatic amines is 1. The van der Waals surface area contributed by atoms with Crippen molar-refractivity contribution in [2.75, 3.05) is 33.2 Å². The fraction of sp³-hybridized carbons (Fsp3) is 0.212. The van der Waals surface area contributed by atoms with Crippen molar-refractivity contribution in [1.29, 1.82) is 0 Å². The molecule has 2 amide bonds. The van der Waals surface area contributed by atoms with Crippen LogP contribution in [0, 0.1) is 0 Å². The number of fused-ring (bicyclic) bond motifs is 3. The van der Waals surface area contributed by atoms with Crippen LogP contribution < -0.4 is 5.32 Å². The van der Waals surface area contributed by atoms with Gasteiger partial charge in [-0.3, -0.25) is 9.59 Å². The van der Waals surface area contributed by atoms with Gasteiger partial charge in [-0.2, -0.15) is 0 Å². The molecule has 4 heterocycles. The summed E-state index contributed by atoms with van der Waals surface area (Å²) in [5.41, 5.74) is 6.09. The van der Waals surface area contributed by atoms with Crippen LogP contribution in [0.25, 0.3) is 38.7 Å². The maximum Gasteiger partial charge on any atom is 0.287 e. The predicted molar refractivity (Wildman–Crippen MR) is 165 cm³/mol. The molecular formula is C33H30N4O3S. The second-order valence-corrected chi connectivity index (χ2v) is 11.8. The Morgan fingerprint density at radius 1 is 0.878 bits per heavy atom. The quantitative estimate of drug-likeness (QED) is 0.267. The molecule has 2 aliphatic rings. The number of furan rings is 1. The van der Waals surface area contributed by atoms with E-state index in [1.807, 2.05) is 35.2 Å². The molecule has 7 nitrogen and oxygen atoms in total. The first-order valence-electron chi connectivity index (χ1n) is 13.9. The largest absolute Gasteiger partial charge is 0.451 e. The lowest BCUT2D eigenvalue weighted by Crippen LogP contribution is -2.47. The van der Waals surface area contributed by atoms with Crippen LogP contribution in [0.3, 0.4) is 0 Å². The number of nitrogens with zero attached hydrogens (tertiary/aromatic N) is 2. The number of H-pyrrole nitrogens is 1. The van der Waals surface area contributed by atoms with Gasteiger partial charge in [-0.1, -0.05) is 42.5 Å². The molecule has 0 bridgehead atoms. The van der Waals surface area contributed by atoms with Gasteiger partial charge in [0.1, 0.15) is 5.76 Å².